The van der Waals surface area contributed by atoms with Crippen LogP contribution in [0.1, 0.15) is 38.5 Å². The molecule has 184 valence electrons. The van der Waals surface area contributed by atoms with E-state index in [-0.39, 0.29) is 5.91 Å². The number of aliphatic imine (C=N–C) groups is 1. The maximum Gasteiger partial charge on any atom is 0.337 e. The lowest BCUT2D eigenvalue weighted by Gasteiger charge is -2.14. The smallest absolute Gasteiger partial charge is 0.337 e. The number of nitrogens with zero attached hydrogens (tertiary/aromatic N) is 1. The van der Waals surface area contributed by atoms with Gasteiger partial charge in [-0.2, -0.15) is 0 Å². The Morgan fingerprint density at radius 2 is 1.49 bits per heavy atom. The van der Waals surface area contributed by atoms with Gasteiger partial charge in [0, 0.05) is 18.8 Å². The second-order valence-electron chi connectivity index (χ2n) is 8.83. The van der Waals surface area contributed by atoms with Gasteiger partial charge in [-0.15, -0.1) is 0 Å². The molecular weight excluding hydrogens is 462 g/mol. The summed E-state index contributed by atoms with van der Waals surface area (Å²) in [7, 11) is 1.34. The number of esters is 1. The molecule has 1 amide bonds. The highest BCUT2D eigenvalue weighted by molar-refractivity contribution is 6.24. The summed E-state index contributed by atoms with van der Waals surface area (Å²) in [5.41, 5.74) is 6.43. The van der Waals surface area contributed by atoms with Gasteiger partial charge in [0.15, 0.2) is 0 Å². The fraction of sp³-hybridized carbons (Fsp3) is 0.129. The average molecular weight is 490 g/mol. The van der Waals surface area contributed by atoms with Gasteiger partial charge in [0.2, 0.25) is 5.91 Å². The minimum atomic E-state index is -0.601. The maximum absolute atomic E-state index is 13.2. The largest absolute Gasteiger partial charge is 0.465 e. The van der Waals surface area contributed by atoms with Crippen LogP contribution in [0, 0.1) is 0 Å². The zero-order valence-electron chi connectivity index (χ0n) is 20.5. The van der Waals surface area contributed by atoms with E-state index in [1.165, 1.54) is 12.7 Å². The fourth-order valence-electron chi connectivity index (χ4n) is 4.46. The number of ether oxygens (including phenoxy) is 1. The Kier molecular flexibility index (Phi) is 7.19. The standard InChI is InChI=1S/C31H27N3O3/c1-37-31(36)24-14-17-26-27(18-24)34-30(35)28(26)29(23-10-6-3-7-11-23)33-25-15-12-22(13-16-25)20-32-19-21-8-4-2-5-9-21/h2-18,28,32H,19-20H2,1H3,(H,34,35). The third-order valence-electron chi connectivity index (χ3n) is 6.34. The van der Waals surface area contributed by atoms with Crippen LogP contribution in [0.4, 0.5) is 11.4 Å². The molecule has 0 spiro atoms. The van der Waals surface area contributed by atoms with Crippen molar-refractivity contribution in [2.45, 2.75) is 19.0 Å². The molecule has 0 saturated heterocycles. The number of nitrogens with one attached hydrogen (secondary N) is 2. The Morgan fingerprint density at radius 3 is 2.16 bits per heavy atom. The summed E-state index contributed by atoms with van der Waals surface area (Å²) >= 11 is 0. The van der Waals surface area contributed by atoms with Crippen molar-refractivity contribution in [2.24, 2.45) is 4.99 Å². The normalized spacial score (nSPS) is 14.7. The molecule has 2 N–H and O–H groups in total. The summed E-state index contributed by atoms with van der Waals surface area (Å²) in [5, 5.41) is 6.37. The Labute approximate surface area is 216 Å². The lowest BCUT2D eigenvalue weighted by molar-refractivity contribution is -0.115. The summed E-state index contributed by atoms with van der Waals surface area (Å²) < 4.78 is 4.82. The van der Waals surface area contributed by atoms with E-state index in [0.29, 0.717) is 17.0 Å². The Morgan fingerprint density at radius 1 is 0.838 bits per heavy atom. The number of rotatable bonds is 8. The molecule has 5 rings (SSSR count). The molecule has 6 nitrogen and oxygen atoms in total. The summed E-state index contributed by atoms with van der Waals surface area (Å²) in [6, 6.07) is 33.1. The van der Waals surface area contributed by atoms with Crippen molar-refractivity contribution in [1.29, 1.82) is 0 Å². The second-order valence-corrected chi connectivity index (χ2v) is 8.83. The van der Waals surface area contributed by atoms with E-state index >= 15 is 0 Å². The quantitative estimate of drug-likeness (QED) is 0.249. The Hall–Kier alpha value is -4.55. The van der Waals surface area contributed by atoms with Crippen molar-refractivity contribution < 1.29 is 14.3 Å². The van der Waals surface area contributed by atoms with Crippen LogP contribution in [-0.2, 0) is 22.6 Å². The number of anilines is 1. The first-order valence-electron chi connectivity index (χ1n) is 12.1. The topological polar surface area (TPSA) is 79.8 Å². The molecule has 6 heteroatoms. The molecule has 1 aliphatic rings. The van der Waals surface area contributed by atoms with Gasteiger partial charge in [0.1, 0.15) is 5.92 Å². The number of carbonyl (C=O) groups excluding carboxylic acids is 2. The monoisotopic (exact) mass is 489 g/mol. The van der Waals surface area contributed by atoms with Gasteiger partial charge in [-0.1, -0.05) is 78.9 Å². The van der Waals surface area contributed by atoms with Crippen LogP contribution in [0.5, 0.6) is 0 Å². The molecular formula is C31H27N3O3. The predicted molar refractivity (Wildman–Crippen MR) is 145 cm³/mol. The Bertz CT molecular complexity index is 1430. The van der Waals surface area contributed by atoms with Gasteiger partial charge in [-0.05, 0) is 46.5 Å². The van der Waals surface area contributed by atoms with Crippen LogP contribution < -0.4 is 10.6 Å². The van der Waals surface area contributed by atoms with E-state index in [1.807, 2.05) is 72.8 Å². The third-order valence-corrected chi connectivity index (χ3v) is 6.34. The molecule has 0 fully saturated rings. The highest BCUT2D eigenvalue weighted by Crippen LogP contribution is 2.37. The summed E-state index contributed by atoms with van der Waals surface area (Å²) in [6.45, 7) is 1.54. The van der Waals surface area contributed by atoms with E-state index in [9.17, 15) is 9.59 Å². The van der Waals surface area contributed by atoms with Crippen molar-refractivity contribution in [3.8, 4) is 0 Å². The van der Waals surface area contributed by atoms with Crippen LogP contribution in [-0.4, -0.2) is 24.7 Å². The minimum absolute atomic E-state index is 0.179. The predicted octanol–water partition coefficient (Wildman–Crippen LogP) is 5.62. The lowest BCUT2D eigenvalue weighted by Crippen LogP contribution is -2.21. The molecule has 0 radical (unpaired) electrons. The number of hydrogen-bond donors (Lipinski definition) is 2. The number of benzene rings is 4. The summed E-state index contributed by atoms with van der Waals surface area (Å²) in [5.74, 6) is -1.23. The highest BCUT2D eigenvalue weighted by Gasteiger charge is 2.36. The lowest BCUT2D eigenvalue weighted by atomic mass is 9.90. The molecule has 4 aromatic carbocycles. The molecule has 0 saturated carbocycles. The molecule has 0 bridgehead atoms. The number of carbonyl (C=O) groups is 2. The fourth-order valence-corrected chi connectivity index (χ4v) is 4.46. The first kappa shape index (κ1) is 24.2. The molecule has 0 aliphatic carbocycles. The first-order valence-corrected chi connectivity index (χ1v) is 12.1. The molecule has 1 aliphatic heterocycles. The molecule has 0 aromatic heterocycles. The number of fused-ring (bicyclic) bond motifs is 1. The molecule has 4 aromatic rings. The van der Waals surface area contributed by atoms with Gasteiger partial charge in [-0.3, -0.25) is 9.79 Å². The molecule has 1 atom stereocenters. The van der Waals surface area contributed by atoms with Crippen LogP contribution in [0.3, 0.4) is 0 Å². The number of methoxy groups -OCH3 is 1. The van der Waals surface area contributed by atoms with Crippen LogP contribution >= 0.6 is 0 Å². The van der Waals surface area contributed by atoms with Gasteiger partial charge >= 0.3 is 5.97 Å². The second kappa shape index (κ2) is 11.0. The number of amides is 1. The van der Waals surface area contributed by atoms with Crippen molar-refractivity contribution in [2.75, 3.05) is 12.4 Å². The van der Waals surface area contributed by atoms with Crippen LogP contribution in [0.2, 0.25) is 0 Å². The Balaban J connectivity index is 1.41. The van der Waals surface area contributed by atoms with Crippen LogP contribution in [0.25, 0.3) is 0 Å². The van der Waals surface area contributed by atoms with E-state index in [0.717, 1.165) is 35.5 Å². The van der Waals surface area contributed by atoms with Gasteiger partial charge in [-0.25, -0.2) is 4.79 Å². The van der Waals surface area contributed by atoms with Gasteiger partial charge < -0.3 is 15.4 Å². The molecule has 1 unspecified atom stereocenters. The summed E-state index contributed by atoms with van der Waals surface area (Å²) in [6.07, 6.45) is 0. The third kappa shape index (κ3) is 5.50. The van der Waals surface area contributed by atoms with Gasteiger partial charge in [0.05, 0.1) is 24.1 Å². The van der Waals surface area contributed by atoms with E-state index in [2.05, 4.69) is 22.8 Å². The molecule has 37 heavy (non-hydrogen) atoms. The summed E-state index contributed by atoms with van der Waals surface area (Å²) in [4.78, 5) is 30.1. The van der Waals surface area contributed by atoms with Crippen molar-refractivity contribution in [3.05, 3.63) is 131 Å². The zero-order valence-corrected chi connectivity index (χ0v) is 20.5. The first-order chi connectivity index (χ1) is 18.1. The zero-order chi connectivity index (χ0) is 25.6. The van der Waals surface area contributed by atoms with Crippen molar-refractivity contribution >= 4 is 29.0 Å². The maximum atomic E-state index is 13.2. The minimum Gasteiger partial charge on any atom is -0.465 e. The number of hydrogen-bond acceptors (Lipinski definition) is 5. The van der Waals surface area contributed by atoms with E-state index in [4.69, 9.17) is 9.73 Å². The van der Waals surface area contributed by atoms with Crippen molar-refractivity contribution in [1.82, 2.24) is 5.32 Å². The van der Waals surface area contributed by atoms with Crippen LogP contribution in [0.15, 0.2) is 108 Å². The molecule has 1 heterocycles. The SMILES string of the molecule is COC(=O)c1ccc2c(c1)NC(=O)C2C(=Nc1ccc(CNCc2ccccc2)cc1)c1ccccc1. The van der Waals surface area contributed by atoms with E-state index in [1.54, 1.807) is 18.2 Å². The van der Waals surface area contributed by atoms with Gasteiger partial charge in [0.25, 0.3) is 0 Å². The van der Waals surface area contributed by atoms with Crippen molar-refractivity contribution in [3.63, 3.8) is 0 Å². The average Bonchev–Trinajstić information content (AvgIpc) is 3.27. The van der Waals surface area contributed by atoms with E-state index < -0.39 is 11.9 Å². The highest BCUT2D eigenvalue weighted by atomic mass is 16.5.